The van der Waals surface area contributed by atoms with Gasteiger partial charge in [-0.25, -0.2) is 8.42 Å². The molecule has 0 atom stereocenters. The third-order valence-electron chi connectivity index (χ3n) is 5.35. The van der Waals surface area contributed by atoms with Gasteiger partial charge in [0.25, 0.3) is 0 Å². The molecule has 12 heteroatoms. The van der Waals surface area contributed by atoms with Gasteiger partial charge >= 0.3 is 6.36 Å². The van der Waals surface area contributed by atoms with Gasteiger partial charge in [-0.15, -0.1) is 13.2 Å². The van der Waals surface area contributed by atoms with E-state index in [-0.39, 0.29) is 43.9 Å². The predicted molar refractivity (Wildman–Crippen MR) is 114 cm³/mol. The van der Waals surface area contributed by atoms with Crippen molar-refractivity contribution < 1.29 is 35.9 Å². The van der Waals surface area contributed by atoms with Crippen molar-refractivity contribution in [3.05, 3.63) is 53.6 Å². The van der Waals surface area contributed by atoms with Crippen molar-refractivity contribution in [1.82, 2.24) is 4.31 Å². The number of primary amides is 1. The van der Waals surface area contributed by atoms with Crippen LogP contribution in [0, 0.1) is 5.41 Å². The highest BCUT2D eigenvalue weighted by Crippen LogP contribution is 2.38. The van der Waals surface area contributed by atoms with Gasteiger partial charge in [-0.2, -0.15) is 4.31 Å². The maximum absolute atomic E-state index is 13.0. The second-order valence-electron chi connectivity index (χ2n) is 7.82. The fourth-order valence-corrected chi connectivity index (χ4v) is 5.37. The first-order valence-corrected chi connectivity index (χ1v) is 11.7. The lowest BCUT2D eigenvalue weighted by molar-refractivity contribution is -0.274. The zero-order valence-electron chi connectivity index (χ0n) is 17.3. The molecule has 3 rings (SSSR count). The summed E-state index contributed by atoms with van der Waals surface area (Å²) in [6.45, 7) is 0.205. The summed E-state index contributed by atoms with van der Waals surface area (Å²) in [5.74, 6) is -0.667. The van der Waals surface area contributed by atoms with Gasteiger partial charge in [0.1, 0.15) is 11.5 Å². The summed E-state index contributed by atoms with van der Waals surface area (Å²) in [6.07, 6.45) is -4.40. The van der Waals surface area contributed by atoms with E-state index in [4.69, 9.17) is 22.1 Å². The number of sulfonamides is 1. The van der Waals surface area contributed by atoms with Crippen molar-refractivity contribution >= 4 is 27.5 Å². The van der Waals surface area contributed by atoms with Crippen LogP contribution < -0.4 is 15.2 Å². The maximum atomic E-state index is 13.0. The molecule has 2 aromatic carbocycles. The standard InChI is InChI=1S/C21H22ClF3N2O5S/c22-15-3-1-4-16(11-15)31-14-20(13-19(26)28)7-9-27(10-8-20)33(29,30)18-6-2-5-17(12-18)32-21(23,24)25/h1-6,11-12H,7-10,13-14H2,(H2,26,28). The molecular formula is C21H22ClF3N2O5S. The first-order valence-electron chi connectivity index (χ1n) is 9.91. The van der Waals surface area contributed by atoms with Gasteiger partial charge in [0, 0.05) is 36.0 Å². The van der Waals surface area contributed by atoms with Gasteiger partial charge < -0.3 is 15.2 Å². The van der Waals surface area contributed by atoms with Crippen LogP contribution in [-0.4, -0.2) is 44.7 Å². The minimum atomic E-state index is -4.94. The molecule has 1 saturated heterocycles. The van der Waals surface area contributed by atoms with E-state index in [1.807, 2.05) is 0 Å². The molecule has 7 nitrogen and oxygen atoms in total. The number of carbonyl (C=O) groups is 1. The highest BCUT2D eigenvalue weighted by atomic mass is 35.5. The smallest absolute Gasteiger partial charge is 0.493 e. The SMILES string of the molecule is NC(=O)CC1(COc2cccc(Cl)c2)CCN(S(=O)(=O)c2cccc(OC(F)(F)F)c2)CC1. The fourth-order valence-electron chi connectivity index (χ4n) is 3.72. The zero-order valence-corrected chi connectivity index (χ0v) is 18.9. The topological polar surface area (TPSA) is 98.9 Å². The monoisotopic (exact) mass is 506 g/mol. The minimum Gasteiger partial charge on any atom is -0.493 e. The molecular weight excluding hydrogens is 485 g/mol. The summed E-state index contributed by atoms with van der Waals surface area (Å²) in [6, 6.07) is 11.0. The van der Waals surface area contributed by atoms with E-state index in [2.05, 4.69) is 4.74 Å². The number of nitrogens with two attached hydrogens (primary N) is 1. The molecule has 1 aliphatic heterocycles. The summed E-state index contributed by atoms with van der Waals surface area (Å²) < 4.78 is 74.3. The second-order valence-corrected chi connectivity index (χ2v) is 10.2. The Kier molecular flexibility index (Phi) is 7.45. The predicted octanol–water partition coefficient (Wildman–Crippen LogP) is 3.96. The molecule has 33 heavy (non-hydrogen) atoms. The second kappa shape index (κ2) is 9.78. The number of carbonyl (C=O) groups excluding carboxylic acids is 1. The summed E-state index contributed by atoms with van der Waals surface area (Å²) >= 11 is 5.96. The summed E-state index contributed by atoms with van der Waals surface area (Å²) in [4.78, 5) is 11.4. The molecule has 0 radical (unpaired) electrons. The Morgan fingerprint density at radius 3 is 2.33 bits per heavy atom. The van der Waals surface area contributed by atoms with Crippen LogP contribution in [0.15, 0.2) is 53.4 Å². The Labute approximate surface area is 194 Å². The first-order chi connectivity index (χ1) is 15.4. The van der Waals surface area contributed by atoms with Crippen molar-refractivity contribution in [3.63, 3.8) is 0 Å². The first kappa shape index (κ1) is 25.1. The Balaban J connectivity index is 1.73. The number of amides is 1. The van der Waals surface area contributed by atoms with Gasteiger partial charge in [0.2, 0.25) is 15.9 Å². The minimum absolute atomic E-state index is 0.00361. The molecule has 0 bridgehead atoms. The summed E-state index contributed by atoms with van der Waals surface area (Å²) in [5, 5.41) is 0.481. The summed E-state index contributed by atoms with van der Waals surface area (Å²) in [5.41, 5.74) is 4.73. The van der Waals surface area contributed by atoms with Gasteiger partial charge in [-0.05, 0) is 43.2 Å². The average molecular weight is 507 g/mol. The Morgan fingerprint density at radius 1 is 1.09 bits per heavy atom. The lowest BCUT2D eigenvalue weighted by Crippen LogP contribution is -2.47. The molecule has 2 aromatic rings. The highest BCUT2D eigenvalue weighted by Gasteiger charge is 2.40. The Bertz CT molecular complexity index is 1100. The van der Waals surface area contributed by atoms with Crippen LogP contribution >= 0.6 is 11.6 Å². The number of hydrogen-bond acceptors (Lipinski definition) is 5. The number of rotatable bonds is 8. The molecule has 1 fully saturated rings. The van der Waals surface area contributed by atoms with E-state index in [0.29, 0.717) is 10.8 Å². The molecule has 1 amide bonds. The third-order valence-corrected chi connectivity index (χ3v) is 7.48. The largest absolute Gasteiger partial charge is 0.573 e. The van der Waals surface area contributed by atoms with E-state index in [1.54, 1.807) is 24.3 Å². The van der Waals surface area contributed by atoms with E-state index < -0.39 is 33.5 Å². The molecule has 0 aliphatic carbocycles. The number of alkyl halides is 3. The number of piperidine rings is 1. The van der Waals surface area contributed by atoms with Crippen LogP contribution in [-0.2, 0) is 14.8 Å². The van der Waals surface area contributed by atoms with Crippen molar-refractivity contribution in [2.24, 2.45) is 11.1 Å². The number of halogens is 4. The van der Waals surface area contributed by atoms with Crippen LogP contribution in [0.2, 0.25) is 5.02 Å². The Morgan fingerprint density at radius 2 is 1.73 bits per heavy atom. The number of ether oxygens (including phenoxy) is 2. The van der Waals surface area contributed by atoms with E-state index in [9.17, 15) is 26.4 Å². The highest BCUT2D eigenvalue weighted by molar-refractivity contribution is 7.89. The number of nitrogens with zero attached hydrogens (tertiary/aromatic N) is 1. The molecule has 1 heterocycles. The average Bonchev–Trinajstić information content (AvgIpc) is 2.71. The van der Waals surface area contributed by atoms with Gasteiger partial charge in [0.05, 0.1) is 11.5 Å². The lowest BCUT2D eigenvalue weighted by Gasteiger charge is -2.40. The van der Waals surface area contributed by atoms with Gasteiger partial charge in [-0.1, -0.05) is 23.7 Å². The van der Waals surface area contributed by atoms with Crippen LogP contribution in [0.1, 0.15) is 19.3 Å². The third kappa shape index (κ3) is 6.75. The van der Waals surface area contributed by atoms with Crippen molar-refractivity contribution in [2.45, 2.75) is 30.5 Å². The molecule has 2 N–H and O–H groups in total. The van der Waals surface area contributed by atoms with E-state index >= 15 is 0 Å². The maximum Gasteiger partial charge on any atom is 0.573 e. The van der Waals surface area contributed by atoms with Crippen molar-refractivity contribution in [3.8, 4) is 11.5 Å². The van der Waals surface area contributed by atoms with Crippen molar-refractivity contribution in [1.29, 1.82) is 0 Å². The quantitative estimate of drug-likeness (QED) is 0.584. The van der Waals surface area contributed by atoms with Crippen LogP contribution in [0.25, 0.3) is 0 Å². The van der Waals surface area contributed by atoms with Gasteiger partial charge in [0.15, 0.2) is 0 Å². The van der Waals surface area contributed by atoms with Gasteiger partial charge in [-0.3, -0.25) is 4.79 Å². The number of benzene rings is 2. The van der Waals surface area contributed by atoms with Crippen LogP contribution in [0.4, 0.5) is 13.2 Å². The van der Waals surface area contributed by atoms with E-state index in [0.717, 1.165) is 12.1 Å². The molecule has 0 saturated carbocycles. The molecule has 0 spiro atoms. The fraction of sp³-hybridized carbons (Fsp3) is 0.381. The normalized spacial score (nSPS) is 16.8. The molecule has 1 aliphatic rings. The van der Waals surface area contributed by atoms with Crippen LogP contribution in [0.3, 0.4) is 0 Å². The zero-order chi connectivity index (χ0) is 24.3. The van der Waals surface area contributed by atoms with Crippen molar-refractivity contribution in [2.75, 3.05) is 19.7 Å². The molecule has 180 valence electrons. The summed E-state index contributed by atoms with van der Waals surface area (Å²) in [7, 11) is -4.08. The lowest BCUT2D eigenvalue weighted by atomic mass is 9.76. The Hall–Kier alpha value is -2.50. The number of hydrogen-bond donors (Lipinski definition) is 1. The van der Waals surface area contributed by atoms with E-state index in [1.165, 1.54) is 16.4 Å². The van der Waals surface area contributed by atoms with Crippen LogP contribution in [0.5, 0.6) is 11.5 Å². The molecule has 0 unspecified atom stereocenters. The molecule has 0 aromatic heterocycles.